The van der Waals surface area contributed by atoms with Gasteiger partial charge in [-0.2, -0.15) is 0 Å². The molecular formula is C6H16ClN3. The SMILES string of the molecule is Cl.N=C(N)CCCCCN. The summed E-state index contributed by atoms with van der Waals surface area (Å²) < 4.78 is 0. The highest BCUT2D eigenvalue weighted by atomic mass is 35.5. The van der Waals surface area contributed by atoms with E-state index in [1.807, 2.05) is 0 Å². The van der Waals surface area contributed by atoms with Crippen LogP contribution in [0.2, 0.25) is 0 Å². The molecule has 0 radical (unpaired) electrons. The number of unbranched alkanes of at least 4 members (excludes halogenated alkanes) is 2. The minimum Gasteiger partial charge on any atom is -0.388 e. The third kappa shape index (κ3) is 10.7. The predicted molar refractivity (Wildman–Crippen MR) is 46.7 cm³/mol. The van der Waals surface area contributed by atoms with Crippen molar-refractivity contribution in [3.8, 4) is 0 Å². The first kappa shape index (κ1) is 12.4. The third-order valence-corrected chi connectivity index (χ3v) is 1.15. The van der Waals surface area contributed by atoms with Crippen LogP contribution < -0.4 is 11.5 Å². The van der Waals surface area contributed by atoms with Crippen LogP contribution in [0.4, 0.5) is 0 Å². The van der Waals surface area contributed by atoms with Gasteiger partial charge in [-0.25, -0.2) is 0 Å². The maximum Gasteiger partial charge on any atom is 0.0905 e. The molecule has 0 aliphatic carbocycles. The standard InChI is InChI=1S/C6H15N3.ClH/c7-5-3-1-2-4-6(8)9;/h1-5,7H2,(H3,8,9);1H. The fourth-order valence-electron chi connectivity index (χ4n) is 0.637. The van der Waals surface area contributed by atoms with Gasteiger partial charge in [0.25, 0.3) is 0 Å². The van der Waals surface area contributed by atoms with Gasteiger partial charge in [0.15, 0.2) is 0 Å². The number of nitrogens with two attached hydrogens (primary N) is 2. The van der Waals surface area contributed by atoms with Crippen molar-refractivity contribution in [2.45, 2.75) is 25.7 Å². The Morgan fingerprint density at radius 3 is 2.20 bits per heavy atom. The molecule has 0 spiro atoms. The van der Waals surface area contributed by atoms with Crippen LogP contribution in [-0.2, 0) is 0 Å². The lowest BCUT2D eigenvalue weighted by atomic mass is 10.2. The first-order chi connectivity index (χ1) is 4.27. The molecule has 5 N–H and O–H groups in total. The second-order valence-electron chi connectivity index (χ2n) is 2.12. The highest BCUT2D eigenvalue weighted by Gasteiger charge is 1.88. The number of hydrogen-bond acceptors (Lipinski definition) is 2. The van der Waals surface area contributed by atoms with Gasteiger partial charge >= 0.3 is 0 Å². The number of hydrogen-bond donors (Lipinski definition) is 3. The van der Waals surface area contributed by atoms with Gasteiger partial charge in [-0.15, -0.1) is 12.4 Å². The van der Waals surface area contributed by atoms with Gasteiger partial charge in [0, 0.05) is 6.42 Å². The van der Waals surface area contributed by atoms with Crippen LogP contribution in [0.15, 0.2) is 0 Å². The van der Waals surface area contributed by atoms with Crippen molar-refractivity contribution >= 4 is 18.2 Å². The predicted octanol–water partition coefficient (Wildman–Crippen LogP) is 0.863. The molecule has 4 heteroatoms. The summed E-state index contributed by atoms with van der Waals surface area (Å²) in [7, 11) is 0. The Bertz CT molecular complexity index is 85.1. The first-order valence-corrected chi connectivity index (χ1v) is 3.30. The summed E-state index contributed by atoms with van der Waals surface area (Å²) in [6, 6.07) is 0. The number of halogens is 1. The highest BCUT2D eigenvalue weighted by molar-refractivity contribution is 5.85. The summed E-state index contributed by atoms with van der Waals surface area (Å²) in [5.74, 6) is 0.284. The van der Waals surface area contributed by atoms with E-state index in [1.165, 1.54) is 0 Å². The van der Waals surface area contributed by atoms with E-state index < -0.39 is 0 Å². The molecular weight excluding hydrogens is 150 g/mol. The van der Waals surface area contributed by atoms with E-state index in [4.69, 9.17) is 16.9 Å². The van der Waals surface area contributed by atoms with E-state index in [0.29, 0.717) is 0 Å². The zero-order valence-electron chi connectivity index (χ0n) is 6.10. The summed E-state index contributed by atoms with van der Waals surface area (Å²) >= 11 is 0. The summed E-state index contributed by atoms with van der Waals surface area (Å²) in [4.78, 5) is 0. The second kappa shape index (κ2) is 8.72. The lowest BCUT2D eigenvalue weighted by Crippen LogP contribution is -2.08. The fraction of sp³-hybridized carbons (Fsp3) is 0.833. The Morgan fingerprint density at radius 2 is 1.80 bits per heavy atom. The lowest BCUT2D eigenvalue weighted by molar-refractivity contribution is 0.703. The Kier molecular flexibility index (Phi) is 10.8. The van der Waals surface area contributed by atoms with Crippen molar-refractivity contribution in [3.05, 3.63) is 0 Å². The van der Waals surface area contributed by atoms with E-state index in [-0.39, 0.29) is 18.2 Å². The molecule has 0 rings (SSSR count). The number of nitrogens with one attached hydrogen (secondary N) is 1. The van der Waals surface area contributed by atoms with Crippen LogP contribution in [-0.4, -0.2) is 12.4 Å². The Morgan fingerprint density at radius 1 is 1.20 bits per heavy atom. The summed E-state index contributed by atoms with van der Waals surface area (Å²) in [5.41, 5.74) is 10.4. The van der Waals surface area contributed by atoms with E-state index in [0.717, 1.165) is 32.2 Å². The van der Waals surface area contributed by atoms with E-state index in [1.54, 1.807) is 0 Å². The van der Waals surface area contributed by atoms with Crippen molar-refractivity contribution in [2.75, 3.05) is 6.54 Å². The molecule has 0 aromatic heterocycles. The highest BCUT2D eigenvalue weighted by Crippen LogP contribution is 1.96. The average Bonchev–Trinajstić information content (AvgIpc) is 1.80. The van der Waals surface area contributed by atoms with E-state index in [9.17, 15) is 0 Å². The van der Waals surface area contributed by atoms with Crippen LogP contribution in [0.5, 0.6) is 0 Å². The molecule has 0 aromatic rings. The summed E-state index contributed by atoms with van der Waals surface area (Å²) in [5, 5.41) is 6.88. The smallest absolute Gasteiger partial charge is 0.0905 e. The topological polar surface area (TPSA) is 75.9 Å². The van der Waals surface area contributed by atoms with Crippen molar-refractivity contribution in [1.29, 1.82) is 5.41 Å². The molecule has 0 amide bonds. The molecule has 0 saturated heterocycles. The monoisotopic (exact) mass is 165 g/mol. The first-order valence-electron chi connectivity index (χ1n) is 3.30. The molecule has 0 fully saturated rings. The van der Waals surface area contributed by atoms with Crippen molar-refractivity contribution in [2.24, 2.45) is 11.5 Å². The zero-order chi connectivity index (χ0) is 7.11. The molecule has 0 aliphatic heterocycles. The van der Waals surface area contributed by atoms with Crippen LogP contribution in [0, 0.1) is 5.41 Å². The van der Waals surface area contributed by atoms with Gasteiger partial charge in [0.2, 0.25) is 0 Å². The minimum atomic E-state index is 0. The van der Waals surface area contributed by atoms with Crippen LogP contribution >= 0.6 is 12.4 Å². The van der Waals surface area contributed by atoms with E-state index in [2.05, 4.69) is 0 Å². The maximum atomic E-state index is 6.88. The molecule has 0 aliphatic rings. The molecule has 0 aromatic carbocycles. The summed E-state index contributed by atoms with van der Waals surface area (Å²) in [6.45, 7) is 0.748. The van der Waals surface area contributed by atoms with Gasteiger partial charge in [-0.05, 0) is 19.4 Å². The average molecular weight is 166 g/mol. The minimum absolute atomic E-state index is 0. The Labute approximate surface area is 68.1 Å². The van der Waals surface area contributed by atoms with E-state index >= 15 is 0 Å². The molecule has 3 nitrogen and oxygen atoms in total. The molecule has 62 valence electrons. The third-order valence-electron chi connectivity index (χ3n) is 1.15. The molecule has 0 saturated carbocycles. The van der Waals surface area contributed by atoms with Gasteiger partial charge in [0.1, 0.15) is 0 Å². The van der Waals surface area contributed by atoms with Gasteiger partial charge in [0.05, 0.1) is 5.84 Å². The maximum absolute atomic E-state index is 6.88. The van der Waals surface area contributed by atoms with Crippen LogP contribution in [0.3, 0.4) is 0 Å². The molecule has 0 unspecified atom stereocenters. The van der Waals surface area contributed by atoms with Crippen molar-refractivity contribution in [3.63, 3.8) is 0 Å². The Balaban J connectivity index is 0. The molecule has 10 heavy (non-hydrogen) atoms. The molecule has 0 atom stereocenters. The van der Waals surface area contributed by atoms with Gasteiger partial charge in [-0.1, -0.05) is 6.42 Å². The van der Waals surface area contributed by atoms with Crippen molar-refractivity contribution in [1.82, 2.24) is 0 Å². The number of rotatable bonds is 5. The largest absolute Gasteiger partial charge is 0.388 e. The van der Waals surface area contributed by atoms with Gasteiger partial charge in [-0.3, -0.25) is 5.41 Å². The van der Waals surface area contributed by atoms with Crippen LogP contribution in [0.1, 0.15) is 25.7 Å². The van der Waals surface area contributed by atoms with Crippen molar-refractivity contribution < 1.29 is 0 Å². The van der Waals surface area contributed by atoms with Gasteiger partial charge < -0.3 is 11.5 Å². The normalized spacial score (nSPS) is 8.50. The Hall–Kier alpha value is -0.280. The number of amidine groups is 1. The fourth-order valence-corrected chi connectivity index (χ4v) is 0.637. The van der Waals surface area contributed by atoms with Crippen LogP contribution in [0.25, 0.3) is 0 Å². The lowest BCUT2D eigenvalue weighted by Gasteiger charge is -1.95. The summed E-state index contributed by atoms with van der Waals surface area (Å²) in [6.07, 6.45) is 3.87. The zero-order valence-corrected chi connectivity index (χ0v) is 6.91. The second-order valence-corrected chi connectivity index (χ2v) is 2.12. The molecule has 0 heterocycles. The quantitative estimate of drug-likeness (QED) is 0.321. The molecule has 0 bridgehead atoms.